The van der Waals surface area contributed by atoms with E-state index in [9.17, 15) is 0 Å². The first-order valence-corrected chi connectivity index (χ1v) is 7.65. The fraction of sp³-hybridized carbons (Fsp3) is 0.692. The average molecular weight is 258 g/mol. The van der Waals surface area contributed by atoms with Gasteiger partial charge in [-0.25, -0.2) is 0 Å². The van der Waals surface area contributed by atoms with Crippen LogP contribution in [0.15, 0.2) is 16.8 Å². The van der Waals surface area contributed by atoms with Gasteiger partial charge in [-0.1, -0.05) is 12.8 Å². The zero-order chi connectivity index (χ0) is 11.2. The number of alkyl halides is 1. The van der Waals surface area contributed by atoms with E-state index >= 15 is 0 Å². The van der Waals surface area contributed by atoms with Crippen LogP contribution >= 0.6 is 22.9 Å². The zero-order valence-electron chi connectivity index (χ0n) is 9.62. The molecule has 1 N–H and O–H groups in total. The van der Waals surface area contributed by atoms with E-state index < -0.39 is 0 Å². The highest BCUT2D eigenvalue weighted by molar-refractivity contribution is 7.07. The largest absolute Gasteiger partial charge is 0.312 e. The first-order chi connectivity index (χ1) is 7.90. The van der Waals surface area contributed by atoms with Gasteiger partial charge in [0, 0.05) is 12.4 Å². The summed E-state index contributed by atoms with van der Waals surface area (Å²) in [6, 6.07) is 2.19. The number of hydrogen-bond donors (Lipinski definition) is 1. The molecule has 2 unspecified atom stereocenters. The summed E-state index contributed by atoms with van der Waals surface area (Å²) in [7, 11) is 0. The molecule has 1 aromatic rings. The van der Waals surface area contributed by atoms with Crippen molar-refractivity contribution < 1.29 is 0 Å². The van der Waals surface area contributed by atoms with E-state index in [2.05, 4.69) is 22.1 Å². The van der Waals surface area contributed by atoms with Crippen LogP contribution in [0.3, 0.4) is 0 Å². The van der Waals surface area contributed by atoms with Crippen LogP contribution in [-0.4, -0.2) is 12.4 Å². The van der Waals surface area contributed by atoms with E-state index in [4.69, 9.17) is 11.6 Å². The predicted octanol–water partition coefficient (Wildman–Crippen LogP) is 3.88. The lowest BCUT2D eigenvalue weighted by atomic mass is 9.80. The van der Waals surface area contributed by atoms with Crippen molar-refractivity contribution in [3.63, 3.8) is 0 Å². The molecule has 1 aromatic heterocycles. The van der Waals surface area contributed by atoms with Crippen LogP contribution in [-0.2, 0) is 6.54 Å². The number of halogens is 1. The van der Waals surface area contributed by atoms with Crippen LogP contribution in [0, 0.1) is 11.8 Å². The molecule has 1 aliphatic rings. The highest BCUT2D eigenvalue weighted by atomic mass is 35.5. The third kappa shape index (κ3) is 3.47. The summed E-state index contributed by atoms with van der Waals surface area (Å²) in [5, 5.41) is 7.92. The molecule has 1 aliphatic carbocycles. The van der Waals surface area contributed by atoms with Gasteiger partial charge in [-0.2, -0.15) is 11.3 Å². The molecule has 90 valence electrons. The van der Waals surface area contributed by atoms with Crippen LogP contribution in [0.4, 0.5) is 0 Å². The Labute approximate surface area is 107 Å². The van der Waals surface area contributed by atoms with Crippen molar-refractivity contribution in [3.8, 4) is 0 Å². The van der Waals surface area contributed by atoms with Crippen LogP contribution in [0.5, 0.6) is 0 Å². The van der Waals surface area contributed by atoms with Crippen LogP contribution in [0.25, 0.3) is 0 Å². The summed E-state index contributed by atoms with van der Waals surface area (Å²) in [4.78, 5) is 0. The summed E-state index contributed by atoms with van der Waals surface area (Å²) in [6.07, 6.45) is 5.44. The third-order valence-electron chi connectivity index (χ3n) is 3.58. The lowest BCUT2D eigenvalue weighted by molar-refractivity contribution is 0.251. The minimum absolute atomic E-state index is 0.741. The SMILES string of the molecule is ClCC1CCCCC1CNCc1ccsc1. The molecule has 1 nitrogen and oxygen atoms in total. The van der Waals surface area contributed by atoms with Crippen molar-refractivity contribution in [2.24, 2.45) is 11.8 Å². The molecule has 3 heteroatoms. The zero-order valence-corrected chi connectivity index (χ0v) is 11.2. The van der Waals surface area contributed by atoms with Gasteiger partial charge in [-0.05, 0) is 53.6 Å². The molecule has 0 spiro atoms. The Morgan fingerprint density at radius 1 is 1.31 bits per heavy atom. The molecule has 16 heavy (non-hydrogen) atoms. The Balaban J connectivity index is 1.71. The normalized spacial score (nSPS) is 25.8. The fourth-order valence-corrected chi connectivity index (χ4v) is 3.63. The third-order valence-corrected chi connectivity index (χ3v) is 4.71. The number of hydrogen-bond acceptors (Lipinski definition) is 2. The predicted molar refractivity (Wildman–Crippen MR) is 72.2 cm³/mol. The van der Waals surface area contributed by atoms with Gasteiger partial charge >= 0.3 is 0 Å². The minimum atomic E-state index is 0.741. The lowest BCUT2D eigenvalue weighted by Gasteiger charge is -2.30. The molecule has 1 heterocycles. The van der Waals surface area contributed by atoms with E-state index in [0.29, 0.717) is 0 Å². The summed E-state index contributed by atoms with van der Waals surface area (Å²) >= 11 is 7.80. The molecule has 0 aromatic carbocycles. The van der Waals surface area contributed by atoms with Gasteiger partial charge in [-0.3, -0.25) is 0 Å². The Hall–Kier alpha value is -0.0500. The second-order valence-electron chi connectivity index (χ2n) is 4.72. The van der Waals surface area contributed by atoms with E-state index in [-0.39, 0.29) is 0 Å². The van der Waals surface area contributed by atoms with E-state index in [1.807, 2.05) is 0 Å². The summed E-state index contributed by atoms with van der Waals surface area (Å²) in [5.41, 5.74) is 1.41. The maximum atomic E-state index is 6.03. The van der Waals surface area contributed by atoms with Crippen molar-refractivity contribution in [1.29, 1.82) is 0 Å². The summed E-state index contributed by atoms with van der Waals surface area (Å²) in [6.45, 7) is 2.14. The molecule has 1 saturated carbocycles. The van der Waals surface area contributed by atoms with E-state index in [1.165, 1.54) is 31.2 Å². The number of thiophene rings is 1. The first kappa shape index (κ1) is 12.4. The molecule has 0 bridgehead atoms. The van der Waals surface area contributed by atoms with Gasteiger partial charge in [-0.15, -0.1) is 11.6 Å². The Morgan fingerprint density at radius 3 is 2.81 bits per heavy atom. The highest BCUT2D eigenvalue weighted by Gasteiger charge is 2.23. The van der Waals surface area contributed by atoms with E-state index in [0.717, 1.165) is 30.8 Å². The first-order valence-electron chi connectivity index (χ1n) is 6.18. The smallest absolute Gasteiger partial charge is 0.0254 e. The molecule has 2 rings (SSSR count). The van der Waals surface area contributed by atoms with Crippen molar-refractivity contribution in [3.05, 3.63) is 22.4 Å². The molecule has 0 saturated heterocycles. The van der Waals surface area contributed by atoms with Gasteiger partial charge < -0.3 is 5.32 Å². The van der Waals surface area contributed by atoms with Gasteiger partial charge in [0.15, 0.2) is 0 Å². The Kier molecular flexibility index (Phi) is 5.14. The van der Waals surface area contributed by atoms with E-state index in [1.54, 1.807) is 11.3 Å². The van der Waals surface area contributed by atoms with Crippen LogP contribution in [0.2, 0.25) is 0 Å². The monoisotopic (exact) mass is 257 g/mol. The summed E-state index contributed by atoms with van der Waals surface area (Å²) in [5.74, 6) is 2.38. The maximum absolute atomic E-state index is 6.03. The van der Waals surface area contributed by atoms with Crippen molar-refractivity contribution in [1.82, 2.24) is 5.32 Å². The molecule has 0 aliphatic heterocycles. The number of rotatable bonds is 5. The lowest BCUT2D eigenvalue weighted by Crippen LogP contribution is -2.31. The quantitative estimate of drug-likeness (QED) is 0.790. The second kappa shape index (κ2) is 6.63. The van der Waals surface area contributed by atoms with Crippen molar-refractivity contribution >= 4 is 22.9 Å². The Morgan fingerprint density at radius 2 is 2.12 bits per heavy atom. The van der Waals surface area contributed by atoms with Gasteiger partial charge in [0.2, 0.25) is 0 Å². The van der Waals surface area contributed by atoms with Crippen molar-refractivity contribution in [2.75, 3.05) is 12.4 Å². The van der Waals surface area contributed by atoms with Gasteiger partial charge in [0.1, 0.15) is 0 Å². The molecular weight excluding hydrogens is 238 g/mol. The van der Waals surface area contributed by atoms with Gasteiger partial charge in [0.25, 0.3) is 0 Å². The number of nitrogens with one attached hydrogen (secondary N) is 1. The molecule has 2 atom stereocenters. The molecular formula is C13H20ClNS. The van der Waals surface area contributed by atoms with Crippen molar-refractivity contribution in [2.45, 2.75) is 32.2 Å². The topological polar surface area (TPSA) is 12.0 Å². The standard InChI is InChI=1S/C13H20ClNS/c14-7-12-3-1-2-4-13(12)9-15-8-11-5-6-16-10-11/h5-6,10,12-13,15H,1-4,7-9H2. The fourth-order valence-electron chi connectivity index (χ4n) is 2.55. The maximum Gasteiger partial charge on any atom is 0.0254 e. The van der Waals surface area contributed by atoms with Crippen LogP contribution in [0.1, 0.15) is 31.2 Å². The van der Waals surface area contributed by atoms with Gasteiger partial charge in [0.05, 0.1) is 0 Å². The average Bonchev–Trinajstić information content (AvgIpc) is 2.83. The van der Waals surface area contributed by atoms with Crippen LogP contribution < -0.4 is 5.32 Å². The Bertz CT molecular complexity index is 286. The molecule has 1 fully saturated rings. The molecule has 0 radical (unpaired) electrons. The molecule has 0 amide bonds. The minimum Gasteiger partial charge on any atom is -0.312 e. The highest BCUT2D eigenvalue weighted by Crippen LogP contribution is 2.30. The summed E-state index contributed by atoms with van der Waals surface area (Å²) < 4.78 is 0. The second-order valence-corrected chi connectivity index (χ2v) is 5.81.